The molecule has 2 rings (SSSR count). The molecule has 0 radical (unpaired) electrons. The largest absolute Gasteiger partial charge is 0.392 e. The summed E-state index contributed by atoms with van der Waals surface area (Å²) in [6.45, 7) is 0.597. The maximum atomic E-state index is 12.8. The van der Waals surface area contributed by atoms with Crippen molar-refractivity contribution in [2.75, 3.05) is 12.3 Å². The first-order valence-corrected chi connectivity index (χ1v) is 8.60. The zero-order chi connectivity index (χ0) is 16.5. The standard InChI is InChI=1S/C18H20FNO2S/c19-17-7-5-14(6-8-17)9-10-20-18(22)13-23-12-16-3-1-15(11-21)2-4-16/h1-8,21H,9-13H2,(H,20,22). The number of thioether (sulfide) groups is 1. The van der Waals surface area contributed by atoms with Crippen LogP contribution in [0.15, 0.2) is 48.5 Å². The summed E-state index contributed by atoms with van der Waals surface area (Å²) in [5, 5.41) is 11.8. The lowest BCUT2D eigenvalue weighted by atomic mass is 10.1. The van der Waals surface area contributed by atoms with Crippen LogP contribution in [-0.2, 0) is 23.6 Å². The molecule has 0 saturated heterocycles. The lowest BCUT2D eigenvalue weighted by molar-refractivity contribution is -0.118. The van der Waals surface area contributed by atoms with E-state index in [1.807, 2.05) is 24.3 Å². The van der Waals surface area contributed by atoms with Crippen molar-refractivity contribution in [1.29, 1.82) is 0 Å². The van der Waals surface area contributed by atoms with Crippen LogP contribution in [0.2, 0.25) is 0 Å². The number of hydrogen-bond donors (Lipinski definition) is 2. The van der Waals surface area contributed by atoms with Crippen molar-refractivity contribution in [3.63, 3.8) is 0 Å². The number of carbonyl (C=O) groups is 1. The van der Waals surface area contributed by atoms with E-state index in [1.165, 1.54) is 12.1 Å². The fourth-order valence-corrected chi connectivity index (χ4v) is 2.87. The molecule has 0 aromatic heterocycles. The Bertz CT molecular complexity index is 614. The van der Waals surface area contributed by atoms with Crippen LogP contribution < -0.4 is 5.32 Å². The molecule has 0 aliphatic rings. The first-order valence-electron chi connectivity index (χ1n) is 7.45. The Morgan fingerprint density at radius 3 is 2.26 bits per heavy atom. The summed E-state index contributed by atoms with van der Waals surface area (Å²) in [6, 6.07) is 14.0. The van der Waals surface area contributed by atoms with Gasteiger partial charge in [0.25, 0.3) is 0 Å². The summed E-state index contributed by atoms with van der Waals surface area (Å²) in [6.07, 6.45) is 0.694. The van der Waals surface area contributed by atoms with Crippen molar-refractivity contribution in [2.45, 2.75) is 18.8 Å². The minimum Gasteiger partial charge on any atom is -0.392 e. The third kappa shape index (κ3) is 6.42. The molecule has 0 unspecified atom stereocenters. The van der Waals surface area contributed by atoms with E-state index in [2.05, 4.69) is 5.32 Å². The minimum atomic E-state index is -0.249. The van der Waals surface area contributed by atoms with E-state index in [0.717, 1.165) is 22.4 Å². The molecule has 122 valence electrons. The van der Waals surface area contributed by atoms with E-state index in [9.17, 15) is 9.18 Å². The number of benzene rings is 2. The van der Waals surface area contributed by atoms with E-state index >= 15 is 0 Å². The van der Waals surface area contributed by atoms with Crippen LogP contribution in [0.3, 0.4) is 0 Å². The van der Waals surface area contributed by atoms with Gasteiger partial charge in [-0.25, -0.2) is 4.39 Å². The van der Waals surface area contributed by atoms with E-state index in [1.54, 1.807) is 23.9 Å². The zero-order valence-corrected chi connectivity index (χ0v) is 13.6. The number of hydrogen-bond acceptors (Lipinski definition) is 3. The van der Waals surface area contributed by atoms with Crippen LogP contribution in [0.5, 0.6) is 0 Å². The predicted octanol–water partition coefficient (Wildman–Crippen LogP) is 2.91. The summed E-state index contributed by atoms with van der Waals surface area (Å²) in [5.41, 5.74) is 3.02. The van der Waals surface area contributed by atoms with E-state index < -0.39 is 0 Å². The molecule has 0 saturated carbocycles. The first-order chi connectivity index (χ1) is 11.2. The van der Waals surface area contributed by atoms with Gasteiger partial charge in [-0.15, -0.1) is 11.8 Å². The second kappa shape index (κ2) is 9.33. The molecule has 0 spiro atoms. The Labute approximate surface area is 139 Å². The van der Waals surface area contributed by atoms with E-state index in [0.29, 0.717) is 18.7 Å². The average Bonchev–Trinajstić information content (AvgIpc) is 2.57. The molecule has 0 atom stereocenters. The highest BCUT2D eigenvalue weighted by Gasteiger charge is 2.02. The van der Waals surface area contributed by atoms with Gasteiger partial charge >= 0.3 is 0 Å². The Kier molecular flexibility index (Phi) is 7.10. The number of nitrogens with one attached hydrogen (secondary N) is 1. The number of carbonyl (C=O) groups excluding carboxylic acids is 1. The van der Waals surface area contributed by atoms with Crippen molar-refractivity contribution in [3.8, 4) is 0 Å². The van der Waals surface area contributed by atoms with Gasteiger partial charge in [0, 0.05) is 12.3 Å². The molecule has 2 N–H and O–H groups in total. The Morgan fingerprint density at radius 1 is 1.00 bits per heavy atom. The molecule has 5 heteroatoms. The summed E-state index contributed by atoms with van der Waals surface area (Å²) in [5.74, 6) is 0.924. The molecule has 23 heavy (non-hydrogen) atoms. The van der Waals surface area contributed by atoms with Gasteiger partial charge < -0.3 is 10.4 Å². The minimum absolute atomic E-state index is 0.00379. The van der Waals surface area contributed by atoms with Gasteiger partial charge in [0.15, 0.2) is 0 Å². The van der Waals surface area contributed by atoms with Gasteiger partial charge in [0.2, 0.25) is 5.91 Å². The van der Waals surface area contributed by atoms with Crippen LogP contribution >= 0.6 is 11.8 Å². The quantitative estimate of drug-likeness (QED) is 0.781. The SMILES string of the molecule is O=C(CSCc1ccc(CO)cc1)NCCc1ccc(F)cc1. The van der Waals surface area contributed by atoms with Crippen molar-refractivity contribution >= 4 is 17.7 Å². The number of rotatable bonds is 8. The normalized spacial score (nSPS) is 10.5. The maximum Gasteiger partial charge on any atom is 0.230 e. The predicted molar refractivity (Wildman–Crippen MR) is 91.6 cm³/mol. The second-order valence-electron chi connectivity index (χ2n) is 5.19. The van der Waals surface area contributed by atoms with E-state index in [4.69, 9.17) is 5.11 Å². The van der Waals surface area contributed by atoms with Crippen LogP contribution in [0.4, 0.5) is 4.39 Å². The first kappa shape index (κ1) is 17.5. The molecule has 0 bridgehead atoms. The number of halogens is 1. The average molecular weight is 333 g/mol. The molecule has 1 amide bonds. The van der Waals surface area contributed by atoms with Crippen LogP contribution in [0, 0.1) is 5.82 Å². The van der Waals surface area contributed by atoms with Gasteiger partial charge in [-0.3, -0.25) is 4.79 Å². The fraction of sp³-hybridized carbons (Fsp3) is 0.278. The Morgan fingerprint density at radius 2 is 1.61 bits per heavy atom. The van der Waals surface area contributed by atoms with Crippen LogP contribution in [0.1, 0.15) is 16.7 Å². The molecular formula is C18H20FNO2S. The molecule has 0 aliphatic carbocycles. The van der Waals surface area contributed by atoms with Gasteiger partial charge in [0.05, 0.1) is 12.4 Å². The molecule has 0 fully saturated rings. The molecule has 0 aliphatic heterocycles. The highest BCUT2D eigenvalue weighted by Crippen LogP contribution is 2.13. The molecule has 2 aromatic carbocycles. The van der Waals surface area contributed by atoms with Crippen molar-refractivity contribution in [2.24, 2.45) is 0 Å². The summed E-state index contributed by atoms with van der Waals surface area (Å²) in [4.78, 5) is 11.8. The Balaban J connectivity index is 1.62. The lowest BCUT2D eigenvalue weighted by Gasteiger charge is -2.06. The number of amides is 1. The summed E-state index contributed by atoms with van der Waals surface area (Å²) >= 11 is 1.55. The van der Waals surface area contributed by atoms with Crippen molar-refractivity contribution in [1.82, 2.24) is 5.32 Å². The third-order valence-corrected chi connectivity index (χ3v) is 4.36. The highest BCUT2D eigenvalue weighted by molar-refractivity contribution is 7.99. The fourth-order valence-electron chi connectivity index (χ4n) is 2.05. The highest BCUT2D eigenvalue weighted by atomic mass is 32.2. The van der Waals surface area contributed by atoms with Gasteiger partial charge in [0.1, 0.15) is 5.82 Å². The maximum absolute atomic E-state index is 12.8. The lowest BCUT2D eigenvalue weighted by Crippen LogP contribution is -2.27. The van der Waals surface area contributed by atoms with Crippen LogP contribution in [0.25, 0.3) is 0 Å². The van der Waals surface area contributed by atoms with Gasteiger partial charge in [-0.1, -0.05) is 36.4 Å². The number of aliphatic hydroxyl groups is 1. The van der Waals surface area contributed by atoms with Gasteiger partial charge in [-0.2, -0.15) is 0 Å². The monoisotopic (exact) mass is 333 g/mol. The molecule has 3 nitrogen and oxygen atoms in total. The topological polar surface area (TPSA) is 49.3 Å². The molecular weight excluding hydrogens is 313 g/mol. The zero-order valence-electron chi connectivity index (χ0n) is 12.8. The summed E-state index contributed by atoms with van der Waals surface area (Å²) < 4.78 is 12.8. The van der Waals surface area contributed by atoms with E-state index in [-0.39, 0.29) is 18.3 Å². The van der Waals surface area contributed by atoms with Gasteiger partial charge in [-0.05, 0) is 35.2 Å². The molecule has 2 aromatic rings. The van der Waals surface area contributed by atoms with Crippen molar-refractivity contribution < 1.29 is 14.3 Å². The third-order valence-electron chi connectivity index (χ3n) is 3.36. The molecule has 0 heterocycles. The Hall–Kier alpha value is -1.85. The number of aliphatic hydroxyl groups excluding tert-OH is 1. The smallest absolute Gasteiger partial charge is 0.230 e. The second-order valence-corrected chi connectivity index (χ2v) is 6.18. The van der Waals surface area contributed by atoms with Crippen LogP contribution in [-0.4, -0.2) is 23.3 Å². The summed E-state index contributed by atoms with van der Waals surface area (Å²) in [7, 11) is 0. The van der Waals surface area contributed by atoms with Crippen molar-refractivity contribution in [3.05, 3.63) is 71.0 Å².